The lowest BCUT2D eigenvalue weighted by Crippen LogP contribution is -2.53. The molecule has 0 spiro atoms. The molecular weight excluding hydrogens is 805 g/mol. The van der Waals surface area contributed by atoms with E-state index in [2.05, 4.69) is 36.4 Å². The van der Waals surface area contributed by atoms with Crippen LogP contribution in [-0.2, 0) is 9.84 Å². The molecule has 6 aromatic rings. The number of halogens is 2. The van der Waals surface area contributed by atoms with Gasteiger partial charge in [-0.3, -0.25) is 19.0 Å². The molecular formula is C44H47F2N9O5S. The van der Waals surface area contributed by atoms with Gasteiger partial charge in [-0.15, -0.1) is 0 Å². The highest BCUT2D eigenvalue weighted by atomic mass is 32.2. The van der Waals surface area contributed by atoms with Crippen LogP contribution in [0.3, 0.4) is 0 Å². The third kappa shape index (κ3) is 9.28. The zero-order valence-electron chi connectivity index (χ0n) is 34.1. The second kappa shape index (κ2) is 17.8. The molecule has 0 radical (unpaired) electrons. The lowest BCUT2D eigenvalue weighted by Gasteiger charge is -2.43. The normalized spacial score (nSPS) is 15.5. The second-order valence-corrected chi connectivity index (χ2v) is 17.5. The zero-order chi connectivity index (χ0) is 42.7. The number of rotatable bonds is 13. The highest BCUT2D eigenvalue weighted by Crippen LogP contribution is 2.37. The Morgan fingerprint density at radius 2 is 1.61 bits per heavy atom. The van der Waals surface area contributed by atoms with Gasteiger partial charge in [0.1, 0.15) is 44.3 Å². The van der Waals surface area contributed by atoms with E-state index in [-0.39, 0.29) is 17.1 Å². The zero-order valence-corrected chi connectivity index (χ0v) is 35.0. The summed E-state index contributed by atoms with van der Waals surface area (Å²) < 4.78 is 65.4. The second-order valence-electron chi connectivity index (χ2n) is 15.2. The fraction of sp³-hybridized carbons (Fsp3) is 0.318. The van der Waals surface area contributed by atoms with Crippen molar-refractivity contribution in [1.82, 2.24) is 29.2 Å². The summed E-state index contributed by atoms with van der Waals surface area (Å²) in [5.41, 5.74) is 4.06. The molecule has 2 fully saturated rings. The van der Waals surface area contributed by atoms with Crippen molar-refractivity contribution in [3.8, 4) is 34.1 Å². The van der Waals surface area contributed by atoms with Gasteiger partial charge in [-0.05, 0) is 73.5 Å². The molecule has 0 saturated carbocycles. The molecule has 318 valence electrons. The lowest BCUT2D eigenvalue weighted by molar-refractivity contribution is 0.0882. The number of ether oxygens (including phenoxy) is 2. The molecule has 1 amide bonds. The van der Waals surface area contributed by atoms with Crippen LogP contribution in [0.25, 0.3) is 28.3 Å². The molecule has 0 bridgehead atoms. The average molecular weight is 852 g/mol. The van der Waals surface area contributed by atoms with Crippen molar-refractivity contribution >= 4 is 44.4 Å². The number of pyridine rings is 1. The summed E-state index contributed by atoms with van der Waals surface area (Å²) in [6.45, 7) is 6.10. The van der Waals surface area contributed by atoms with Crippen molar-refractivity contribution < 1.29 is 31.5 Å². The molecule has 3 aromatic heterocycles. The van der Waals surface area contributed by atoms with E-state index in [0.29, 0.717) is 58.3 Å². The Bertz CT molecular complexity index is 2640. The molecule has 2 saturated heterocycles. The summed E-state index contributed by atoms with van der Waals surface area (Å²) in [6, 6.07) is 22.2. The van der Waals surface area contributed by atoms with Gasteiger partial charge < -0.3 is 25.0 Å². The Kier molecular flexibility index (Phi) is 12.1. The largest absolute Gasteiger partial charge is 0.496 e. The number of sulfone groups is 1. The standard InChI is InChI=1S/C44H47F2N9O5S/c1-59-37-13-10-29(27-32(37)43(56)51-41-33(45)7-6-8-34(41)46)40-42(55-18-5-4-9-39(55)50-40)36-14-17-47-44(49-36)48-35-12-11-31(28-38(35)60-2)53-19-15-30(16-20-53)54-23-21-52(22-24-54)25-26-61(3,57)58/h4-14,17-18,27-28,30H,15-16,19-26H2,1-3H3,(H,51,56)(H,47,48,49). The first-order valence-electron chi connectivity index (χ1n) is 20.1. The number of para-hydroxylation sites is 1. The predicted molar refractivity (Wildman–Crippen MR) is 232 cm³/mol. The van der Waals surface area contributed by atoms with E-state index in [1.54, 1.807) is 37.6 Å². The summed E-state index contributed by atoms with van der Waals surface area (Å²) in [5.74, 6) is -1.21. The molecule has 2 aliphatic heterocycles. The van der Waals surface area contributed by atoms with Gasteiger partial charge in [0, 0.05) is 87.8 Å². The molecule has 2 aliphatic rings. The number of imidazole rings is 1. The van der Waals surface area contributed by atoms with Crippen molar-refractivity contribution in [3.05, 3.63) is 108 Å². The van der Waals surface area contributed by atoms with Crippen molar-refractivity contribution in [2.75, 3.05) is 87.6 Å². The molecule has 17 heteroatoms. The Morgan fingerprint density at radius 3 is 2.33 bits per heavy atom. The molecule has 2 N–H and O–H groups in total. The van der Waals surface area contributed by atoms with E-state index >= 15 is 0 Å². The van der Waals surface area contributed by atoms with Crippen LogP contribution >= 0.6 is 0 Å². The number of piperazine rings is 1. The van der Waals surface area contributed by atoms with E-state index in [0.717, 1.165) is 69.9 Å². The molecule has 8 rings (SSSR count). The smallest absolute Gasteiger partial charge is 0.259 e. The van der Waals surface area contributed by atoms with Gasteiger partial charge in [-0.2, -0.15) is 0 Å². The highest BCUT2D eigenvalue weighted by Gasteiger charge is 2.29. The van der Waals surface area contributed by atoms with E-state index in [9.17, 15) is 22.0 Å². The van der Waals surface area contributed by atoms with Crippen molar-refractivity contribution in [1.29, 1.82) is 0 Å². The minimum absolute atomic E-state index is 0.0505. The molecule has 14 nitrogen and oxygen atoms in total. The number of benzene rings is 3. The minimum Gasteiger partial charge on any atom is -0.496 e. The van der Waals surface area contributed by atoms with Crippen LogP contribution in [-0.4, -0.2) is 122 Å². The maximum Gasteiger partial charge on any atom is 0.259 e. The molecule has 61 heavy (non-hydrogen) atoms. The van der Waals surface area contributed by atoms with Gasteiger partial charge in [-0.25, -0.2) is 32.2 Å². The first kappa shape index (κ1) is 41.6. The maximum atomic E-state index is 14.5. The van der Waals surface area contributed by atoms with Crippen molar-refractivity contribution in [2.24, 2.45) is 0 Å². The van der Waals surface area contributed by atoms with E-state index in [1.807, 2.05) is 40.9 Å². The van der Waals surface area contributed by atoms with Gasteiger partial charge in [0.05, 0.1) is 48.3 Å². The van der Waals surface area contributed by atoms with Crippen LogP contribution in [0.4, 0.5) is 31.8 Å². The number of hydrogen-bond acceptors (Lipinski definition) is 12. The van der Waals surface area contributed by atoms with E-state index < -0.39 is 33.1 Å². The van der Waals surface area contributed by atoms with Crippen molar-refractivity contribution in [3.63, 3.8) is 0 Å². The first-order chi connectivity index (χ1) is 29.5. The Morgan fingerprint density at radius 1 is 0.852 bits per heavy atom. The van der Waals surface area contributed by atoms with Gasteiger partial charge in [0.2, 0.25) is 5.95 Å². The monoisotopic (exact) mass is 851 g/mol. The Labute approximate surface area is 353 Å². The molecule has 3 aromatic carbocycles. The predicted octanol–water partition coefficient (Wildman–Crippen LogP) is 6.38. The van der Waals surface area contributed by atoms with E-state index in [1.165, 1.54) is 19.4 Å². The fourth-order valence-electron chi connectivity index (χ4n) is 8.06. The van der Waals surface area contributed by atoms with Crippen LogP contribution in [0.1, 0.15) is 23.2 Å². The molecule has 0 atom stereocenters. The highest BCUT2D eigenvalue weighted by molar-refractivity contribution is 7.90. The summed E-state index contributed by atoms with van der Waals surface area (Å²) in [4.78, 5) is 35.0. The number of aromatic nitrogens is 4. The number of piperidine rings is 1. The molecule has 0 unspecified atom stereocenters. The fourth-order valence-corrected chi connectivity index (χ4v) is 8.65. The number of anilines is 4. The molecule has 0 aliphatic carbocycles. The van der Waals surface area contributed by atoms with Gasteiger partial charge >= 0.3 is 0 Å². The SMILES string of the molecule is COc1cc(N2CCC(N3CCN(CCS(C)(=O)=O)CC3)CC2)ccc1Nc1nccc(-c2c(-c3ccc(OC)c(C(=O)Nc4c(F)cccc4F)c3)nc3ccccn23)n1. The first-order valence-corrected chi connectivity index (χ1v) is 22.1. The minimum atomic E-state index is -2.96. The van der Waals surface area contributed by atoms with Crippen LogP contribution < -0.4 is 25.0 Å². The number of amides is 1. The quantitative estimate of drug-likeness (QED) is 0.133. The van der Waals surface area contributed by atoms with Gasteiger partial charge in [0.15, 0.2) is 0 Å². The number of carbonyl (C=O) groups is 1. The molecule has 5 heterocycles. The number of hydrogen-bond donors (Lipinski definition) is 2. The summed E-state index contributed by atoms with van der Waals surface area (Å²) in [6.07, 6.45) is 6.88. The van der Waals surface area contributed by atoms with Crippen LogP contribution in [0.2, 0.25) is 0 Å². The van der Waals surface area contributed by atoms with Gasteiger partial charge in [-0.1, -0.05) is 12.1 Å². The summed E-state index contributed by atoms with van der Waals surface area (Å²) in [5, 5.41) is 5.69. The third-order valence-electron chi connectivity index (χ3n) is 11.3. The summed E-state index contributed by atoms with van der Waals surface area (Å²) in [7, 11) is 0.0737. The van der Waals surface area contributed by atoms with Gasteiger partial charge in [0.25, 0.3) is 5.91 Å². The maximum absolute atomic E-state index is 14.5. The van der Waals surface area contributed by atoms with Crippen LogP contribution in [0.15, 0.2) is 91.3 Å². The average Bonchev–Trinajstić information content (AvgIpc) is 3.67. The van der Waals surface area contributed by atoms with Crippen LogP contribution in [0.5, 0.6) is 11.5 Å². The third-order valence-corrected chi connectivity index (χ3v) is 12.2. The van der Waals surface area contributed by atoms with Crippen LogP contribution in [0, 0.1) is 11.6 Å². The topological polar surface area (TPSA) is 147 Å². The van der Waals surface area contributed by atoms with Crippen molar-refractivity contribution in [2.45, 2.75) is 18.9 Å². The Hall–Kier alpha value is -6.17. The number of fused-ring (bicyclic) bond motifs is 1. The van der Waals surface area contributed by atoms with E-state index in [4.69, 9.17) is 19.4 Å². The lowest BCUT2D eigenvalue weighted by atomic mass is 10.0. The summed E-state index contributed by atoms with van der Waals surface area (Å²) >= 11 is 0. The number of nitrogens with zero attached hydrogens (tertiary/aromatic N) is 7. The number of nitrogens with one attached hydrogen (secondary N) is 2. The Balaban J connectivity index is 0.994. The number of carbonyl (C=O) groups excluding carboxylic acids is 1. The number of methoxy groups -OCH3 is 2.